The largest absolute Gasteiger partial charge is 0.454 e. The van der Waals surface area contributed by atoms with Crippen LogP contribution in [0.3, 0.4) is 0 Å². The second kappa shape index (κ2) is 15.4. The molecule has 2 atom stereocenters. The molecular formula is C64H42N2O2. The van der Waals surface area contributed by atoms with Crippen LogP contribution in [-0.4, -0.2) is 0 Å². The number of benzene rings is 8. The number of fused-ring (bicyclic) bond motifs is 6. The number of furan rings is 2. The van der Waals surface area contributed by atoms with Crippen molar-refractivity contribution in [1.29, 1.82) is 0 Å². The van der Waals surface area contributed by atoms with Crippen molar-refractivity contribution in [2.45, 2.75) is 0 Å². The van der Waals surface area contributed by atoms with Crippen LogP contribution >= 0.6 is 0 Å². The van der Waals surface area contributed by atoms with Crippen molar-refractivity contribution >= 4 is 66.6 Å². The van der Waals surface area contributed by atoms with E-state index in [0.717, 1.165) is 100 Å². The van der Waals surface area contributed by atoms with E-state index in [4.69, 9.17) is 8.83 Å². The van der Waals surface area contributed by atoms with Gasteiger partial charge in [0.05, 0.1) is 34.1 Å². The van der Waals surface area contributed by atoms with Crippen molar-refractivity contribution in [3.8, 4) is 22.3 Å². The number of allylic oxidation sites excluding steroid dienone is 12. The highest BCUT2D eigenvalue weighted by Crippen LogP contribution is 2.56. The summed E-state index contributed by atoms with van der Waals surface area (Å²) in [5.41, 5.74) is 19.6. The fourth-order valence-corrected chi connectivity index (χ4v) is 11.3. The highest BCUT2D eigenvalue weighted by molar-refractivity contribution is 6.11. The van der Waals surface area contributed by atoms with Crippen LogP contribution in [0.5, 0.6) is 0 Å². The third-order valence-corrected chi connectivity index (χ3v) is 14.3. The average molecular weight is 871 g/mol. The molecule has 2 aromatic heterocycles. The normalized spacial score (nSPS) is 17.0. The zero-order chi connectivity index (χ0) is 44.7. The zero-order valence-corrected chi connectivity index (χ0v) is 37.0. The van der Waals surface area contributed by atoms with Gasteiger partial charge in [0.25, 0.3) is 0 Å². The number of nitrogens with zero attached hydrogens (tertiary/aromatic N) is 2. The maximum atomic E-state index is 6.85. The second-order valence-electron chi connectivity index (χ2n) is 17.9. The highest BCUT2D eigenvalue weighted by Gasteiger charge is 2.43. The lowest BCUT2D eigenvalue weighted by Crippen LogP contribution is -2.35. The maximum Gasteiger partial charge on any atom is 0.159 e. The van der Waals surface area contributed by atoms with Crippen molar-refractivity contribution in [2.75, 3.05) is 9.80 Å². The van der Waals surface area contributed by atoms with E-state index >= 15 is 0 Å². The molecule has 0 saturated carbocycles. The van der Waals surface area contributed by atoms with E-state index in [-0.39, 0.29) is 11.8 Å². The average Bonchev–Trinajstić information content (AvgIpc) is 3.99. The number of para-hydroxylation sites is 6. The quantitative estimate of drug-likeness (QED) is 0.152. The Morgan fingerprint density at radius 3 is 1.44 bits per heavy atom. The molecule has 0 N–H and O–H groups in total. The minimum absolute atomic E-state index is 0.0458. The van der Waals surface area contributed by atoms with E-state index < -0.39 is 0 Å². The lowest BCUT2D eigenvalue weighted by molar-refractivity contribution is 0.551. The molecule has 68 heavy (non-hydrogen) atoms. The molecule has 2 heterocycles. The van der Waals surface area contributed by atoms with Crippen LogP contribution in [0.4, 0.5) is 22.7 Å². The topological polar surface area (TPSA) is 32.8 Å². The summed E-state index contributed by atoms with van der Waals surface area (Å²) in [5.74, 6) is 0.0915. The summed E-state index contributed by atoms with van der Waals surface area (Å²) in [7, 11) is 0. The van der Waals surface area contributed by atoms with Crippen LogP contribution in [0.25, 0.3) is 66.1 Å². The van der Waals surface area contributed by atoms with E-state index in [0.29, 0.717) is 0 Å². The fraction of sp³-hybridized carbons (Fsp3) is 0.0312. The lowest BCUT2D eigenvalue weighted by Gasteiger charge is -2.45. The van der Waals surface area contributed by atoms with Gasteiger partial charge in [0.2, 0.25) is 0 Å². The molecule has 4 nitrogen and oxygen atoms in total. The van der Waals surface area contributed by atoms with Gasteiger partial charge in [0.1, 0.15) is 11.2 Å². The summed E-state index contributed by atoms with van der Waals surface area (Å²) in [6.45, 7) is 0. The first-order valence-corrected chi connectivity index (χ1v) is 23.4. The Labute approximate surface area is 394 Å². The summed E-state index contributed by atoms with van der Waals surface area (Å²) in [6.07, 6.45) is 18.8. The Kier molecular flexibility index (Phi) is 8.68. The fourth-order valence-electron chi connectivity index (χ4n) is 11.3. The van der Waals surface area contributed by atoms with Crippen LogP contribution in [-0.2, 0) is 0 Å². The molecule has 0 fully saturated rings. The van der Waals surface area contributed by atoms with Crippen LogP contribution in [0.1, 0.15) is 0 Å². The molecule has 14 rings (SSSR count). The Morgan fingerprint density at radius 1 is 0.338 bits per heavy atom. The molecule has 4 heteroatoms. The molecule has 0 spiro atoms. The predicted octanol–water partition coefficient (Wildman–Crippen LogP) is 17.1. The van der Waals surface area contributed by atoms with E-state index in [1.54, 1.807) is 0 Å². The molecule has 8 aromatic carbocycles. The first kappa shape index (κ1) is 38.4. The summed E-state index contributed by atoms with van der Waals surface area (Å²) < 4.78 is 13.7. The minimum atomic E-state index is 0.0458. The number of anilines is 4. The minimum Gasteiger partial charge on any atom is -0.454 e. The van der Waals surface area contributed by atoms with E-state index in [2.05, 4.69) is 240 Å². The molecule has 320 valence electrons. The van der Waals surface area contributed by atoms with Crippen LogP contribution in [0.15, 0.2) is 285 Å². The van der Waals surface area contributed by atoms with Gasteiger partial charge in [-0.25, -0.2) is 0 Å². The Hall–Kier alpha value is -8.86. The molecule has 0 amide bonds. The lowest BCUT2D eigenvalue weighted by atomic mass is 9.63. The van der Waals surface area contributed by atoms with Gasteiger partial charge in [-0.2, -0.15) is 0 Å². The van der Waals surface area contributed by atoms with E-state index in [1.807, 2.05) is 12.1 Å². The Morgan fingerprint density at radius 2 is 0.809 bits per heavy atom. The zero-order valence-electron chi connectivity index (χ0n) is 37.0. The third kappa shape index (κ3) is 5.87. The van der Waals surface area contributed by atoms with Gasteiger partial charge >= 0.3 is 0 Å². The smallest absolute Gasteiger partial charge is 0.159 e. The SMILES string of the molecule is C1=CC2=C(N(c3ccccc3-c3ccccc3)c3cccc4c3oc3ccccc34)C=CC3=CC=C4C(N(c5ccccc5-c5ccccc5)c5cccc6c5oc5ccccc56)=CC=C1C4C32. The van der Waals surface area contributed by atoms with Crippen molar-refractivity contribution in [2.24, 2.45) is 11.8 Å². The van der Waals surface area contributed by atoms with Crippen molar-refractivity contribution in [3.05, 3.63) is 276 Å². The van der Waals surface area contributed by atoms with Gasteiger partial charge < -0.3 is 18.6 Å². The van der Waals surface area contributed by atoms with Crippen molar-refractivity contribution < 1.29 is 8.83 Å². The molecule has 0 radical (unpaired) electrons. The van der Waals surface area contributed by atoms with Gasteiger partial charge in [0, 0.05) is 44.5 Å². The summed E-state index contributed by atoms with van der Waals surface area (Å²) in [6, 6.07) is 68.9. The summed E-state index contributed by atoms with van der Waals surface area (Å²) in [4.78, 5) is 4.91. The van der Waals surface area contributed by atoms with Crippen LogP contribution in [0, 0.1) is 11.8 Å². The van der Waals surface area contributed by atoms with Gasteiger partial charge in [-0.1, -0.05) is 194 Å². The summed E-state index contributed by atoms with van der Waals surface area (Å²) in [5, 5.41) is 4.40. The third-order valence-electron chi connectivity index (χ3n) is 14.3. The monoisotopic (exact) mass is 870 g/mol. The van der Waals surface area contributed by atoms with Crippen LogP contribution < -0.4 is 9.80 Å². The van der Waals surface area contributed by atoms with Gasteiger partial charge in [0.15, 0.2) is 11.2 Å². The molecule has 2 unspecified atom stereocenters. The number of rotatable bonds is 8. The Bertz CT molecular complexity index is 3930. The molecule has 0 bridgehead atoms. The summed E-state index contributed by atoms with van der Waals surface area (Å²) >= 11 is 0. The van der Waals surface area contributed by atoms with E-state index in [1.165, 1.54) is 22.3 Å². The van der Waals surface area contributed by atoms with Crippen molar-refractivity contribution in [1.82, 2.24) is 0 Å². The Balaban J connectivity index is 0.978. The first-order valence-electron chi connectivity index (χ1n) is 23.4. The molecule has 0 aliphatic heterocycles. The van der Waals surface area contributed by atoms with E-state index in [9.17, 15) is 0 Å². The van der Waals surface area contributed by atoms with Crippen molar-refractivity contribution in [3.63, 3.8) is 0 Å². The number of hydrogen-bond acceptors (Lipinski definition) is 4. The predicted molar refractivity (Wildman–Crippen MR) is 280 cm³/mol. The number of hydrogen-bond donors (Lipinski definition) is 0. The van der Waals surface area contributed by atoms with Gasteiger partial charge in [-0.05, 0) is 82.0 Å². The van der Waals surface area contributed by atoms with Gasteiger partial charge in [-0.15, -0.1) is 0 Å². The first-order chi connectivity index (χ1) is 33.8. The molecule has 0 saturated heterocycles. The molecule has 4 aliphatic rings. The molecule has 4 aliphatic carbocycles. The second-order valence-corrected chi connectivity index (χ2v) is 17.9. The molecule has 10 aromatic rings. The standard InChI is InChI=1S/C64H42N2O2/c1-3-17-41(18-4-1)45-21-7-11-27-53(45)65(57-29-15-25-49-47-23-9-13-31-59(47)67-63(49)57)55-39-35-43-34-38-52-56(40-36-44-33-37-51(55)61(43)62(44)52)66(54-28-12-8-22-46(54)42-19-5-2-6-20-42)58-30-16-26-50-48-24-10-14-32-60(48)68-64(50)58/h1-40,61-62H. The maximum absolute atomic E-state index is 6.85. The van der Waals surface area contributed by atoms with Gasteiger partial charge in [-0.3, -0.25) is 0 Å². The molecular weight excluding hydrogens is 829 g/mol. The van der Waals surface area contributed by atoms with Crippen LogP contribution in [0.2, 0.25) is 0 Å². The highest BCUT2D eigenvalue weighted by atomic mass is 16.3.